The lowest BCUT2D eigenvalue weighted by atomic mass is 10.00. The van der Waals surface area contributed by atoms with Gasteiger partial charge in [-0.05, 0) is 28.8 Å². The van der Waals surface area contributed by atoms with Gasteiger partial charge in [-0.3, -0.25) is 5.84 Å². The number of fused-ring (bicyclic) bond motifs is 2. The molecule has 1 unspecified atom stereocenters. The topological polar surface area (TPSA) is 60.4 Å². The molecule has 4 nitrogen and oxygen atoms in total. The molecule has 0 fully saturated rings. The Morgan fingerprint density at radius 1 is 1.00 bits per heavy atom. The minimum Gasteiger partial charge on any atom is -0.459 e. The Hall–Kier alpha value is -2.14. The second-order valence-corrected chi connectivity index (χ2v) is 5.31. The van der Waals surface area contributed by atoms with Crippen molar-refractivity contribution in [3.63, 3.8) is 0 Å². The van der Waals surface area contributed by atoms with Crippen LogP contribution in [0.4, 0.5) is 0 Å². The summed E-state index contributed by atoms with van der Waals surface area (Å²) in [6, 6.07) is 16.1. The summed E-state index contributed by atoms with van der Waals surface area (Å²) in [4.78, 5) is 0. The highest BCUT2D eigenvalue weighted by Crippen LogP contribution is 2.30. The number of rotatable bonds is 3. The molecule has 21 heavy (non-hydrogen) atoms. The van der Waals surface area contributed by atoms with Gasteiger partial charge in [0.2, 0.25) is 0 Å². The van der Waals surface area contributed by atoms with E-state index in [2.05, 4.69) is 23.6 Å². The minimum atomic E-state index is -0.164. The van der Waals surface area contributed by atoms with Crippen molar-refractivity contribution in [2.45, 2.75) is 19.3 Å². The lowest BCUT2D eigenvalue weighted by Crippen LogP contribution is -2.28. The summed E-state index contributed by atoms with van der Waals surface area (Å²) in [5, 5.41) is 1.08. The number of nitrogens with one attached hydrogen (secondary N) is 1. The van der Waals surface area contributed by atoms with Gasteiger partial charge in [0.05, 0.1) is 13.2 Å². The Bertz CT molecular complexity index is 761. The van der Waals surface area contributed by atoms with E-state index in [1.807, 2.05) is 30.3 Å². The van der Waals surface area contributed by atoms with Crippen molar-refractivity contribution >= 4 is 11.0 Å². The van der Waals surface area contributed by atoms with Crippen LogP contribution in [-0.2, 0) is 18.0 Å². The number of furan rings is 1. The number of hydrazine groups is 1. The zero-order valence-corrected chi connectivity index (χ0v) is 11.5. The number of hydrogen-bond acceptors (Lipinski definition) is 4. The summed E-state index contributed by atoms with van der Waals surface area (Å²) in [5.41, 5.74) is 7.28. The van der Waals surface area contributed by atoms with E-state index in [0.29, 0.717) is 13.2 Å². The Labute approximate surface area is 122 Å². The molecule has 106 valence electrons. The van der Waals surface area contributed by atoms with Gasteiger partial charge in [0.1, 0.15) is 17.4 Å². The third kappa shape index (κ3) is 2.14. The van der Waals surface area contributed by atoms with Gasteiger partial charge < -0.3 is 9.15 Å². The number of hydrogen-bond donors (Lipinski definition) is 2. The molecule has 1 aliphatic heterocycles. The van der Waals surface area contributed by atoms with Crippen molar-refractivity contribution < 1.29 is 9.15 Å². The quantitative estimate of drug-likeness (QED) is 0.572. The number of para-hydroxylation sites is 1. The van der Waals surface area contributed by atoms with E-state index >= 15 is 0 Å². The molecule has 1 aliphatic rings. The summed E-state index contributed by atoms with van der Waals surface area (Å²) < 4.78 is 11.4. The monoisotopic (exact) mass is 280 g/mol. The third-order valence-electron chi connectivity index (χ3n) is 3.97. The fraction of sp³-hybridized carbons (Fsp3) is 0.176. The molecule has 2 heterocycles. The van der Waals surface area contributed by atoms with Crippen LogP contribution < -0.4 is 11.3 Å². The summed E-state index contributed by atoms with van der Waals surface area (Å²) in [6.07, 6.45) is 0. The Kier molecular flexibility index (Phi) is 3.00. The van der Waals surface area contributed by atoms with Crippen molar-refractivity contribution in [1.29, 1.82) is 0 Å². The van der Waals surface area contributed by atoms with Crippen LogP contribution in [0.15, 0.2) is 52.9 Å². The molecule has 0 spiro atoms. The fourth-order valence-electron chi connectivity index (χ4n) is 2.86. The van der Waals surface area contributed by atoms with Crippen molar-refractivity contribution in [3.8, 4) is 0 Å². The third-order valence-corrected chi connectivity index (χ3v) is 3.97. The summed E-state index contributed by atoms with van der Waals surface area (Å²) >= 11 is 0. The SMILES string of the molecule is NNC(c1ccc2c(c1)COC2)c1cc2ccccc2o1. The maximum atomic E-state index is 5.92. The predicted octanol–water partition coefficient (Wildman–Crippen LogP) is 3.02. The number of nitrogens with two attached hydrogens (primary N) is 1. The van der Waals surface area contributed by atoms with Gasteiger partial charge in [-0.15, -0.1) is 0 Å². The first kappa shape index (κ1) is 12.6. The normalized spacial score (nSPS) is 15.3. The molecule has 3 aromatic rings. The lowest BCUT2D eigenvalue weighted by Gasteiger charge is -2.14. The molecule has 1 atom stereocenters. The fourth-order valence-corrected chi connectivity index (χ4v) is 2.86. The molecule has 1 aromatic heterocycles. The van der Waals surface area contributed by atoms with Gasteiger partial charge in [-0.25, -0.2) is 5.43 Å². The van der Waals surface area contributed by atoms with Crippen molar-refractivity contribution in [3.05, 3.63) is 71.0 Å². The van der Waals surface area contributed by atoms with E-state index in [1.165, 1.54) is 11.1 Å². The van der Waals surface area contributed by atoms with Crippen molar-refractivity contribution in [2.75, 3.05) is 0 Å². The lowest BCUT2D eigenvalue weighted by molar-refractivity contribution is 0.134. The largest absolute Gasteiger partial charge is 0.459 e. The van der Waals surface area contributed by atoms with Gasteiger partial charge in [-0.1, -0.05) is 36.4 Å². The maximum Gasteiger partial charge on any atom is 0.134 e. The van der Waals surface area contributed by atoms with E-state index in [1.54, 1.807) is 0 Å². The number of ether oxygens (including phenoxy) is 1. The molecule has 4 heteroatoms. The van der Waals surface area contributed by atoms with Gasteiger partial charge in [-0.2, -0.15) is 0 Å². The first-order valence-corrected chi connectivity index (χ1v) is 6.99. The van der Waals surface area contributed by atoms with Crippen molar-refractivity contribution in [1.82, 2.24) is 5.43 Å². The molecular formula is C17H16N2O2. The average molecular weight is 280 g/mol. The van der Waals surface area contributed by atoms with Crippen LogP contribution in [-0.4, -0.2) is 0 Å². The zero-order valence-electron chi connectivity index (χ0n) is 11.5. The van der Waals surface area contributed by atoms with E-state index in [9.17, 15) is 0 Å². The average Bonchev–Trinajstić information content (AvgIpc) is 3.13. The predicted molar refractivity (Wildman–Crippen MR) is 80.3 cm³/mol. The van der Waals surface area contributed by atoms with Crippen LogP contribution in [0, 0.1) is 0 Å². The Morgan fingerprint density at radius 3 is 2.71 bits per heavy atom. The molecule has 4 rings (SSSR count). The van der Waals surface area contributed by atoms with Crippen LogP contribution in [0.1, 0.15) is 28.5 Å². The maximum absolute atomic E-state index is 5.92. The Balaban J connectivity index is 1.77. The van der Waals surface area contributed by atoms with E-state index < -0.39 is 0 Å². The van der Waals surface area contributed by atoms with Crippen LogP contribution in [0.5, 0.6) is 0 Å². The molecule has 3 N–H and O–H groups in total. The molecule has 0 radical (unpaired) electrons. The van der Waals surface area contributed by atoms with Gasteiger partial charge >= 0.3 is 0 Å². The van der Waals surface area contributed by atoms with Gasteiger partial charge in [0.25, 0.3) is 0 Å². The van der Waals surface area contributed by atoms with Gasteiger partial charge in [0.15, 0.2) is 0 Å². The molecule has 0 aliphatic carbocycles. The Morgan fingerprint density at radius 2 is 1.86 bits per heavy atom. The van der Waals surface area contributed by atoms with Crippen LogP contribution in [0.2, 0.25) is 0 Å². The number of benzene rings is 2. The first-order valence-electron chi connectivity index (χ1n) is 6.99. The first-order chi connectivity index (χ1) is 10.3. The summed E-state index contributed by atoms with van der Waals surface area (Å²) in [7, 11) is 0. The highest BCUT2D eigenvalue weighted by Gasteiger charge is 2.20. The van der Waals surface area contributed by atoms with E-state index in [0.717, 1.165) is 22.3 Å². The molecule has 0 saturated heterocycles. The van der Waals surface area contributed by atoms with Crippen LogP contribution >= 0.6 is 0 Å². The van der Waals surface area contributed by atoms with Gasteiger partial charge in [0, 0.05) is 5.39 Å². The molecular weight excluding hydrogens is 264 g/mol. The van der Waals surface area contributed by atoms with E-state index in [4.69, 9.17) is 15.0 Å². The minimum absolute atomic E-state index is 0.164. The van der Waals surface area contributed by atoms with Crippen LogP contribution in [0.25, 0.3) is 11.0 Å². The molecule has 0 bridgehead atoms. The standard InChI is InChI=1S/C17H16N2O2/c18-19-17(12-5-6-13-9-20-10-14(13)7-12)16-8-11-3-1-2-4-15(11)21-16/h1-8,17,19H,9-10,18H2. The van der Waals surface area contributed by atoms with E-state index in [-0.39, 0.29) is 6.04 Å². The van der Waals surface area contributed by atoms with Crippen LogP contribution in [0.3, 0.4) is 0 Å². The molecule has 2 aromatic carbocycles. The molecule has 0 saturated carbocycles. The highest BCUT2D eigenvalue weighted by atomic mass is 16.5. The summed E-state index contributed by atoms with van der Waals surface area (Å²) in [5.74, 6) is 6.58. The zero-order chi connectivity index (χ0) is 14.2. The van der Waals surface area contributed by atoms with Crippen molar-refractivity contribution in [2.24, 2.45) is 5.84 Å². The second kappa shape index (κ2) is 5.00. The smallest absolute Gasteiger partial charge is 0.134 e. The second-order valence-electron chi connectivity index (χ2n) is 5.31. The molecule has 0 amide bonds. The highest BCUT2D eigenvalue weighted by molar-refractivity contribution is 5.78. The summed E-state index contributed by atoms with van der Waals surface area (Å²) in [6.45, 7) is 1.36.